The number of nitrogens with two attached hydrogens (primary N) is 1. The van der Waals surface area contributed by atoms with Gasteiger partial charge in [-0.15, -0.1) is 0 Å². The molecule has 1 fully saturated rings. The standard InChI is InChI=1S/C12H25NO2S/c1-10(2)9-16(14,15)12-8-6-4-3-5-7-11(12)13/h10-12H,3-9,13H2,1-2H3. The van der Waals surface area contributed by atoms with Crippen LogP contribution in [0.1, 0.15) is 52.4 Å². The van der Waals surface area contributed by atoms with Crippen molar-refractivity contribution in [3.05, 3.63) is 0 Å². The van der Waals surface area contributed by atoms with Gasteiger partial charge in [-0.05, 0) is 18.8 Å². The molecule has 0 spiro atoms. The van der Waals surface area contributed by atoms with E-state index in [1.54, 1.807) is 0 Å². The largest absolute Gasteiger partial charge is 0.327 e. The fourth-order valence-electron chi connectivity index (χ4n) is 2.51. The molecule has 96 valence electrons. The monoisotopic (exact) mass is 247 g/mol. The van der Waals surface area contributed by atoms with Crippen LogP contribution in [-0.2, 0) is 9.84 Å². The lowest BCUT2D eigenvalue weighted by Crippen LogP contribution is -2.42. The molecule has 2 N–H and O–H groups in total. The van der Waals surface area contributed by atoms with Crippen molar-refractivity contribution in [2.24, 2.45) is 11.7 Å². The summed E-state index contributed by atoms with van der Waals surface area (Å²) in [6.45, 7) is 3.90. The Bertz CT molecular complexity index is 298. The predicted octanol–water partition coefficient (Wildman–Crippen LogP) is 2.11. The Balaban J connectivity index is 2.73. The van der Waals surface area contributed by atoms with Gasteiger partial charge < -0.3 is 5.73 Å². The summed E-state index contributed by atoms with van der Waals surface area (Å²) in [7, 11) is -3.00. The molecule has 1 rings (SSSR count). The summed E-state index contributed by atoms with van der Waals surface area (Å²) in [5.74, 6) is 0.480. The zero-order valence-electron chi connectivity index (χ0n) is 10.5. The van der Waals surface area contributed by atoms with E-state index in [0.29, 0.717) is 0 Å². The van der Waals surface area contributed by atoms with Gasteiger partial charge in [-0.3, -0.25) is 0 Å². The molecule has 0 heterocycles. The zero-order chi connectivity index (χ0) is 12.2. The van der Waals surface area contributed by atoms with Crippen LogP contribution in [0, 0.1) is 5.92 Å². The lowest BCUT2D eigenvalue weighted by atomic mass is 9.97. The van der Waals surface area contributed by atoms with E-state index in [1.807, 2.05) is 13.8 Å². The Labute approximate surface area is 99.7 Å². The number of rotatable bonds is 3. The Kier molecular flexibility index (Phi) is 5.25. The maximum absolute atomic E-state index is 12.2. The summed E-state index contributed by atoms with van der Waals surface area (Å²) in [6, 6.07) is -0.149. The summed E-state index contributed by atoms with van der Waals surface area (Å²) < 4.78 is 24.4. The molecule has 0 aromatic carbocycles. The van der Waals surface area contributed by atoms with Gasteiger partial charge in [-0.2, -0.15) is 0 Å². The molecule has 0 aliphatic heterocycles. The van der Waals surface area contributed by atoms with Crippen LogP contribution in [0.15, 0.2) is 0 Å². The average Bonchev–Trinajstić information content (AvgIpc) is 2.08. The van der Waals surface area contributed by atoms with Gasteiger partial charge in [0.25, 0.3) is 0 Å². The molecule has 0 saturated heterocycles. The van der Waals surface area contributed by atoms with E-state index >= 15 is 0 Å². The molecule has 2 atom stereocenters. The van der Waals surface area contributed by atoms with E-state index < -0.39 is 9.84 Å². The highest BCUT2D eigenvalue weighted by Crippen LogP contribution is 2.23. The van der Waals surface area contributed by atoms with Crippen LogP contribution in [0.2, 0.25) is 0 Å². The molecule has 4 heteroatoms. The SMILES string of the molecule is CC(C)CS(=O)(=O)C1CCCCCCC1N. The van der Waals surface area contributed by atoms with Crippen LogP contribution in [0.4, 0.5) is 0 Å². The van der Waals surface area contributed by atoms with Crippen molar-refractivity contribution in [3.63, 3.8) is 0 Å². The van der Waals surface area contributed by atoms with E-state index in [9.17, 15) is 8.42 Å². The van der Waals surface area contributed by atoms with Crippen LogP contribution in [0.5, 0.6) is 0 Å². The maximum atomic E-state index is 12.2. The fraction of sp³-hybridized carbons (Fsp3) is 1.00. The predicted molar refractivity (Wildman–Crippen MR) is 68.1 cm³/mol. The van der Waals surface area contributed by atoms with E-state index in [0.717, 1.165) is 32.1 Å². The molecule has 16 heavy (non-hydrogen) atoms. The molecular weight excluding hydrogens is 222 g/mol. The molecule has 0 aromatic rings. The Morgan fingerprint density at radius 2 is 1.69 bits per heavy atom. The molecule has 1 aliphatic rings. The molecule has 3 nitrogen and oxygen atoms in total. The summed E-state index contributed by atoms with van der Waals surface area (Å²) >= 11 is 0. The second kappa shape index (κ2) is 6.01. The highest BCUT2D eigenvalue weighted by Gasteiger charge is 2.31. The fourth-order valence-corrected chi connectivity index (χ4v) is 4.88. The number of sulfone groups is 1. The van der Waals surface area contributed by atoms with Gasteiger partial charge in [0.05, 0.1) is 11.0 Å². The molecule has 0 radical (unpaired) electrons. The van der Waals surface area contributed by atoms with Crippen molar-refractivity contribution in [3.8, 4) is 0 Å². The van der Waals surface area contributed by atoms with Gasteiger partial charge in [-0.1, -0.05) is 39.5 Å². The van der Waals surface area contributed by atoms with Crippen LogP contribution in [0.25, 0.3) is 0 Å². The zero-order valence-corrected chi connectivity index (χ0v) is 11.3. The first-order valence-electron chi connectivity index (χ1n) is 6.40. The van der Waals surface area contributed by atoms with Crippen molar-refractivity contribution in [2.75, 3.05) is 5.75 Å². The van der Waals surface area contributed by atoms with E-state index in [4.69, 9.17) is 5.73 Å². The lowest BCUT2D eigenvalue weighted by Gasteiger charge is -2.26. The van der Waals surface area contributed by atoms with Gasteiger partial charge in [0.15, 0.2) is 9.84 Å². The first kappa shape index (κ1) is 14.0. The summed E-state index contributed by atoms with van der Waals surface area (Å²) in [5.41, 5.74) is 6.03. The van der Waals surface area contributed by atoms with Gasteiger partial charge in [0.1, 0.15) is 0 Å². The smallest absolute Gasteiger partial charge is 0.154 e. The van der Waals surface area contributed by atoms with Crippen molar-refractivity contribution in [1.82, 2.24) is 0 Å². The Morgan fingerprint density at radius 1 is 1.12 bits per heavy atom. The van der Waals surface area contributed by atoms with Gasteiger partial charge >= 0.3 is 0 Å². The molecule has 1 aliphatic carbocycles. The molecule has 0 amide bonds. The first-order valence-corrected chi connectivity index (χ1v) is 8.12. The van der Waals surface area contributed by atoms with Crippen molar-refractivity contribution >= 4 is 9.84 Å². The molecule has 2 unspecified atom stereocenters. The average molecular weight is 247 g/mol. The first-order chi connectivity index (χ1) is 7.43. The maximum Gasteiger partial charge on any atom is 0.154 e. The molecule has 0 bridgehead atoms. The highest BCUT2D eigenvalue weighted by atomic mass is 32.2. The quantitative estimate of drug-likeness (QED) is 0.831. The van der Waals surface area contributed by atoms with Crippen molar-refractivity contribution < 1.29 is 8.42 Å². The minimum Gasteiger partial charge on any atom is -0.327 e. The van der Waals surface area contributed by atoms with Gasteiger partial charge in [0, 0.05) is 6.04 Å². The second-order valence-corrected chi connectivity index (χ2v) is 7.68. The lowest BCUT2D eigenvalue weighted by molar-refractivity contribution is 0.442. The number of hydrogen-bond donors (Lipinski definition) is 1. The van der Waals surface area contributed by atoms with Gasteiger partial charge in [0.2, 0.25) is 0 Å². The highest BCUT2D eigenvalue weighted by molar-refractivity contribution is 7.92. The topological polar surface area (TPSA) is 60.2 Å². The third-order valence-corrected chi connectivity index (χ3v) is 5.92. The van der Waals surface area contributed by atoms with E-state index in [-0.39, 0.29) is 23.0 Å². The van der Waals surface area contributed by atoms with Crippen LogP contribution in [-0.4, -0.2) is 25.5 Å². The van der Waals surface area contributed by atoms with Gasteiger partial charge in [-0.25, -0.2) is 8.42 Å². The third-order valence-electron chi connectivity index (χ3n) is 3.28. The Morgan fingerprint density at radius 3 is 2.25 bits per heavy atom. The molecule has 1 saturated carbocycles. The van der Waals surface area contributed by atoms with Crippen LogP contribution >= 0.6 is 0 Å². The van der Waals surface area contributed by atoms with Crippen molar-refractivity contribution in [2.45, 2.75) is 63.7 Å². The summed E-state index contributed by atoms with van der Waals surface area (Å²) in [4.78, 5) is 0. The number of hydrogen-bond acceptors (Lipinski definition) is 3. The van der Waals surface area contributed by atoms with Crippen LogP contribution < -0.4 is 5.73 Å². The van der Waals surface area contributed by atoms with Crippen molar-refractivity contribution in [1.29, 1.82) is 0 Å². The molecular formula is C12H25NO2S. The van der Waals surface area contributed by atoms with Crippen LogP contribution in [0.3, 0.4) is 0 Å². The Hall–Kier alpha value is -0.0900. The van der Waals surface area contributed by atoms with E-state index in [1.165, 1.54) is 6.42 Å². The van der Waals surface area contributed by atoms with E-state index in [2.05, 4.69) is 0 Å². The minimum atomic E-state index is -3.00. The minimum absolute atomic E-state index is 0.149. The summed E-state index contributed by atoms with van der Waals surface area (Å²) in [6.07, 6.45) is 6.06. The summed E-state index contributed by atoms with van der Waals surface area (Å²) in [5, 5.41) is -0.296. The molecule has 0 aromatic heterocycles. The second-order valence-electron chi connectivity index (χ2n) is 5.42. The third kappa shape index (κ3) is 4.06. The normalized spacial score (nSPS) is 28.8.